The van der Waals surface area contributed by atoms with Gasteiger partial charge < -0.3 is 14.9 Å². The highest BCUT2D eigenvalue weighted by Gasteiger charge is 2.28. The van der Waals surface area contributed by atoms with Crippen LogP contribution in [0, 0.1) is 5.92 Å². The van der Waals surface area contributed by atoms with E-state index in [4.69, 9.17) is 31.3 Å². The third-order valence-corrected chi connectivity index (χ3v) is 7.42. The first-order valence-electron chi connectivity index (χ1n) is 13.2. The second kappa shape index (κ2) is 14.7. The quantitative estimate of drug-likeness (QED) is 0.341. The molecule has 1 heterocycles. The van der Waals surface area contributed by atoms with Gasteiger partial charge in [0.1, 0.15) is 12.4 Å². The van der Waals surface area contributed by atoms with Crippen LogP contribution in [-0.2, 0) is 16.1 Å². The van der Waals surface area contributed by atoms with E-state index in [9.17, 15) is 9.59 Å². The number of benzene rings is 2. The van der Waals surface area contributed by atoms with Crippen molar-refractivity contribution < 1.29 is 29.3 Å². The minimum absolute atomic E-state index is 0.100. The van der Waals surface area contributed by atoms with E-state index < -0.39 is 6.16 Å². The van der Waals surface area contributed by atoms with Gasteiger partial charge in [-0.2, -0.15) is 0 Å². The number of imide groups is 1. The Morgan fingerprint density at radius 1 is 1.00 bits per heavy atom. The van der Waals surface area contributed by atoms with Crippen molar-refractivity contribution in [1.82, 2.24) is 9.80 Å². The van der Waals surface area contributed by atoms with Gasteiger partial charge in [-0.15, -0.1) is 0 Å². The third-order valence-electron chi connectivity index (χ3n) is 7.17. The second-order valence-electron chi connectivity index (χ2n) is 9.88. The molecule has 2 fully saturated rings. The zero-order valence-electron chi connectivity index (χ0n) is 21.9. The van der Waals surface area contributed by atoms with Gasteiger partial charge in [-0.3, -0.25) is 19.4 Å². The SMILES string of the molecule is C[C@@H](c1ccc(Cl)cc1)N(Cc1ccc(OCCN2C(=O)CCC2=O)cc1)CC1CCCCC1.O=C(O)O. The van der Waals surface area contributed by atoms with Crippen molar-refractivity contribution in [3.63, 3.8) is 0 Å². The fourth-order valence-corrected chi connectivity index (χ4v) is 5.19. The number of carbonyl (C=O) groups excluding carboxylic acids is 2. The normalized spacial score (nSPS) is 16.8. The van der Waals surface area contributed by atoms with Crippen LogP contribution in [0.3, 0.4) is 0 Å². The van der Waals surface area contributed by atoms with Crippen molar-refractivity contribution in [3.05, 3.63) is 64.7 Å². The molecule has 0 unspecified atom stereocenters. The summed E-state index contributed by atoms with van der Waals surface area (Å²) in [7, 11) is 0. The van der Waals surface area contributed by atoms with E-state index in [1.54, 1.807) is 0 Å². The lowest BCUT2D eigenvalue weighted by Gasteiger charge is -2.34. The Bertz CT molecular complexity index is 1030. The Kier molecular flexibility index (Phi) is 11.4. The van der Waals surface area contributed by atoms with E-state index in [0.29, 0.717) is 32.0 Å². The molecular weight excluding hydrogens is 508 g/mol. The zero-order chi connectivity index (χ0) is 27.5. The molecule has 4 rings (SSSR count). The second-order valence-corrected chi connectivity index (χ2v) is 10.3. The summed E-state index contributed by atoms with van der Waals surface area (Å²) in [6, 6.07) is 16.7. The van der Waals surface area contributed by atoms with Crippen LogP contribution in [0.2, 0.25) is 5.02 Å². The molecule has 1 atom stereocenters. The molecule has 2 aliphatic rings. The number of carbonyl (C=O) groups is 3. The predicted molar refractivity (Wildman–Crippen MR) is 145 cm³/mol. The fourth-order valence-electron chi connectivity index (χ4n) is 5.07. The number of rotatable bonds is 10. The van der Waals surface area contributed by atoms with Crippen molar-refractivity contribution >= 4 is 29.6 Å². The monoisotopic (exact) mass is 544 g/mol. The van der Waals surface area contributed by atoms with Crippen LogP contribution in [0.25, 0.3) is 0 Å². The number of halogens is 1. The lowest BCUT2D eigenvalue weighted by atomic mass is 9.88. The predicted octanol–water partition coefficient (Wildman–Crippen LogP) is 6.23. The van der Waals surface area contributed by atoms with Crippen LogP contribution in [-0.4, -0.2) is 57.7 Å². The topological polar surface area (TPSA) is 107 Å². The highest BCUT2D eigenvalue weighted by molar-refractivity contribution is 6.30. The van der Waals surface area contributed by atoms with Crippen LogP contribution >= 0.6 is 11.6 Å². The molecule has 1 saturated heterocycles. The Labute approximate surface area is 229 Å². The van der Waals surface area contributed by atoms with Gasteiger partial charge in [-0.25, -0.2) is 4.79 Å². The van der Waals surface area contributed by atoms with Crippen molar-refractivity contribution in [2.24, 2.45) is 5.92 Å². The summed E-state index contributed by atoms with van der Waals surface area (Å²) < 4.78 is 5.80. The maximum absolute atomic E-state index is 11.7. The Balaban J connectivity index is 0.000000934. The lowest BCUT2D eigenvalue weighted by Crippen LogP contribution is -2.33. The molecule has 0 radical (unpaired) electrons. The number of carboxylic acid groups (broad SMARTS) is 2. The first-order chi connectivity index (χ1) is 18.2. The average molecular weight is 545 g/mol. The van der Waals surface area contributed by atoms with Crippen LogP contribution in [0.15, 0.2) is 48.5 Å². The van der Waals surface area contributed by atoms with Gasteiger partial charge in [0.2, 0.25) is 11.8 Å². The molecular formula is C29H37ClN2O6. The number of ether oxygens (including phenoxy) is 1. The molecule has 2 aromatic rings. The Morgan fingerprint density at radius 2 is 1.58 bits per heavy atom. The van der Waals surface area contributed by atoms with E-state index in [1.807, 2.05) is 24.3 Å². The van der Waals surface area contributed by atoms with Gasteiger partial charge in [0.05, 0.1) is 6.54 Å². The van der Waals surface area contributed by atoms with Gasteiger partial charge in [0.25, 0.3) is 0 Å². The number of amides is 2. The van der Waals surface area contributed by atoms with Gasteiger partial charge >= 0.3 is 6.16 Å². The standard InChI is InChI=1S/C28H35ClN2O3.CH2O3/c1-21(24-9-11-25(29)12-10-24)30(19-22-5-3-2-4-6-22)20-23-7-13-26(14-8-23)34-18-17-31-27(32)15-16-28(31)33;2-1(3)4/h7-14,21-22H,2-6,15-20H2,1H3;(H2,2,3,4)/t21-;/m0./s1. The smallest absolute Gasteiger partial charge is 0.492 e. The van der Waals surface area contributed by atoms with E-state index in [0.717, 1.165) is 29.8 Å². The molecule has 2 aromatic carbocycles. The van der Waals surface area contributed by atoms with E-state index in [2.05, 4.69) is 36.1 Å². The molecule has 9 heteroatoms. The van der Waals surface area contributed by atoms with E-state index >= 15 is 0 Å². The van der Waals surface area contributed by atoms with Gasteiger partial charge in [0.15, 0.2) is 0 Å². The Morgan fingerprint density at radius 3 is 2.16 bits per heavy atom. The first-order valence-corrected chi connectivity index (χ1v) is 13.6. The number of hydrogen-bond acceptors (Lipinski definition) is 5. The summed E-state index contributed by atoms with van der Waals surface area (Å²) in [5, 5.41) is 14.7. The van der Waals surface area contributed by atoms with Crippen molar-refractivity contribution in [2.45, 2.75) is 64.5 Å². The fraction of sp³-hybridized carbons (Fsp3) is 0.483. The minimum Gasteiger partial charge on any atom is -0.492 e. The molecule has 1 saturated carbocycles. The molecule has 0 aromatic heterocycles. The Hall–Kier alpha value is -3.10. The molecule has 1 aliphatic heterocycles. The van der Waals surface area contributed by atoms with Crippen molar-refractivity contribution in [3.8, 4) is 5.75 Å². The zero-order valence-corrected chi connectivity index (χ0v) is 22.6. The summed E-state index contributed by atoms with van der Waals surface area (Å²) in [6.45, 7) is 4.88. The van der Waals surface area contributed by atoms with Crippen molar-refractivity contribution in [2.75, 3.05) is 19.7 Å². The molecule has 2 amide bonds. The van der Waals surface area contributed by atoms with Gasteiger partial charge in [-0.1, -0.05) is 55.1 Å². The molecule has 38 heavy (non-hydrogen) atoms. The van der Waals surface area contributed by atoms with Crippen molar-refractivity contribution in [1.29, 1.82) is 0 Å². The van der Waals surface area contributed by atoms with Crippen LogP contribution in [0.1, 0.15) is 69.0 Å². The number of nitrogens with zero attached hydrogens (tertiary/aromatic N) is 2. The molecule has 0 spiro atoms. The highest BCUT2D eigenvalue weighted by atomic mass is 35.5. The molecule has 8 nitrogen and oxygen atoms in total. The summed E-state index contributed by atoms with van der Waals surface area (Å²) in [5.41, 5.74) is 2.53. The third kappa shape index (κ3) is 9.33. The summed E-state index contributed by atoms with van der Waals surface area (Å²) in [5.74, 6) is 1.31. The van der Waals surface area contributed by atoms with Gasteiger partial charge in [0, 0.05) is 37.0 Å². The van der Waals surface area contributed by atoms with Crippen LogP contribution < -0.4 is 4.74 Å². The minimum atomic E-state index is -1.83. The summed E-state index contributed by atoms with van der Waals surface area (Å²) in [4.78, 5) is 35.9. The van der Waals surface area contributed by atoms with E-state index in [1.165, 1.54) is 48.1 Å². The largest absolute Gasteiger partial charge is 0.503 e. The number of hydrogen-bond donors (Lipinski definition) is 2. The van der Waals surface area contributed by atoms with Gasteiger partial charge in [-0.05, 0) is 61.1 Å². The summed E-state index contributed by atoms with van der Waals surface area (Å²) >= 11 is 6.12. The molecule has 1 aliphatic carbocycles. The molecule has 2 N–H and O–H groups in total. The summed E-state index contributed by atoms with van der Waals surface area (Å²) in [6.07, 6.45) is 5.49. The maximum Gasteiger partial charge on any atom is 0.503 e. The highest BCUT2D eigenvalue weighted by Crippen LogP contribution is 2.30. The van der Waals surface area contributed by atoms with Crippen LogP contribution in [0.5, 0.6) is 5.75 Å². The lowest BCUT2D eigenvalue weighted by molar-refractivity contribution is -0.138. The molecule has 206 valence electrons. The molecule has 0 bridgehead atoms. The average Bonchev–Trinajstić information content (AvgIpc) is 3.22. The van der Waals surface area contributed by atoms with Crippen LogP contribution in [0.4, 0.5) is 4.79 Å². The maximum atomic E-state index is 11.7. The van der Waals surface area contributed by atoms with E-state index in [-0.39, 0.29) is 11.8 Å². The number of likely N-dealkylation sites (tertiary alicyclic amines) is 1. The first kappa shape index (κ1) is 29.5.